The molecule has 4 nitrogen and oxygen atoms in total. The zero-order chi connectivity index (χ0) is 15.0. The highest BCUT2D eigenvalue weighted by Gasteiger charge is 2.11. The Hall–Kier alpha value is -1.85. The van der Waals surface area contributed by atoms with Crippen molar-refractivity contribution in [1.82, 2.24) is 9.97 Å². The van der Waals surface area contributed by atoms with Crippen molar-refractivity contribution in [3.63, 3.8) is 0 Å². The topological polar surface area (TPSA) is 38.2 Å². The van der Waals surface area contributed by atoms with Gasteiger partial charge in [-0.2, -0.15) is 0 Å². The molecule has 0 amide bonds. The van der Waals surface area contributed by atoms with E-state index in [4.69, 9.17) is 16.3 Å². The van der Waals surface area contributed by atoms with Gasteiger partial charge in [0, 0.05) is 36.6 Å². The van der Waals surface area contributed by atoms with E-state index in [1.165, 1.54) is 11.3 Å². The molecule has 0 aliphatic heterocycles. The quantitative estimate of drug-likeness (QED) is 0.682. The van der Waals surface area contributed by atoms with Crippen LogP contribution in [0.2, 0.25) is 5.15 Å². The lowest BCUT2D eigenvalue weighted by Gasteiger charge is -2.13. The molecule has 0 atom stereocenters. The molecule has 0 bridgehead atoms. The fraction of sp³-hybridized carbons (Fsp3) is 0.200. The number of thiophene rings is 1. The molecule has 0 aliphatic carbocycles. The van der Waals surface area contributed by atoms with E-state index in [2.05, 4.69) is 9.97 Å². The van der Waals surface area contributed by atoms with Crippen LogP contribution >= 0.6 is 22.9 Å². The Morgan fingerprint density at radius 3 is 2.67 bits per heavy atom. The van der Waals surface area contributed by atoms with E-state index in [0.29, 0.717) is 11.0 Å². The number of halogens is 1. The van der Waals surface area contributed by atoms with Gasteiger partial charge in [0.15, 0.2) is 5.82 Å². The van der Waals surface area contributed by atoms with Crippen molar-refractivity contribution in [2.45, 2.75) is 0 Å². The number of hydrogen-bond acceptors (Lipinski definition) is 5. The molecule has 0 spiro atoms. The Balaban J connectivity index is 2.12. The maximum absolute atomic E-state index is 6.33. The van der Waals surface area contributed by atoms with Gasteiger partial charge < -0.3 is 9.64 Å². The zero-order valence-corrected chi connectivity index (χ0v) is 13.5. The van der Waals surface area contributed by atoms with Crippen molar-refractivity contribution in [2.75, 3.05) is 26.1 Å². The van der Waals surface area contributed by atoms with Gasteiger partial charge in [0.05, 0.1) is 17.5 Å². The van der Waals surface area contributed by atoms with Gasteiger partial charge in [-0.05, 0) is 18.2 Å². The van der Waals surface area contributed by atoms with Crippen LogP contribution in [-0.4, -0.2) is 31.2 Å². The number of aromatic nitrogens is 2. The first-order valence-corrected chi connectivity index (χ1v) is 7.62. The summed E-state index contributed by atoms with van der Waals surface area (Å²) in [7, 11) is 5.62. The number of hydrogen-bond donors (Lipinski definition) is 0. The maximum Gasteiger partial charge on any atom is 0.171 e. The third-order valence-electron chi connectivity index (χ3n) is 3.18. The lowest BCUT2D eigenvalue weighted by Crippen LogP contribution is -2.08. The van der Waals surface area contributed by atoms with Crippen molar-refractivity contribution in [2.24, 2.45) is 0 Å². The van der Waals surface area contributed by atoms with E-state index in [0.717, 1.165) is 27.2 Å². The largest absolute Gasteiger partial charge is 0.496 e. The Morgan fingerprint density at radius 1 is 1.19 bits per heavy atom. The first-order chi connectivity index (χ1) is 10.1. The molecular weight excluding hydrogens is 306 g/mol. The van der Waals surface area contributed by atoms with Crippen molar-refractivity contribution in [3.8, 4) is 16.5 Å². The standard InChI is InChI=1S/C15H14ClN3OS/c1-19(2)9-4-5-12-11(6-9)14(16)18-15(17-12)13-7-10(20-3)8-21-13/h4-8H,1-3H3. The molecule has 0 radical (unpaired) electrons. The highest BCUT2D eigenvalue weighted by Crippen LogP contribution is 2.32. The molecule has 0 saturated carbocycles. The van der Waals surface area contributed by atoms with E-state index in [1.807, 2.05) is 48.6 Å². The third kappa shape index (κ3) is 2.66. The Morgan fingerprint density at radius 2 is 2.00 bits per heavy atom. The molecular formula is C15H14ClN3OS. The molecule has 0 N–H and O–H groups in total. The minimum atomic E-state index is 0.464. The summed E-state index contributed by atoms with van der Waals surface area (Å²) in [5.74, 6) is 1.43. The van der Waals surface area contributed by atoms with Crippen molar-refractivity contribution < 1.29 is 4.74 Å². The zero-order valence-electron chi connectivity index (χ0n) is 11.9. The SMILES string of the molecule is COc1csc(-c2nc(Cl)c3cc(N(C)C)ccc3n2)c1. The monoisotopic (exact) mass is 319 g/mol. The molecule has 2 aromatic heterocycles. The Bertz CT molecular complexity index is 801. The van der Waals surface area contributed by atoms with Crippen LogP contribution in [0.5, 0.6) is 5.75 Å². The summed E-state index contributed by atoms with van der Waals surface area (Å²) in [6, 6.07) is 7.89. The van der Waals surface area contributed by atoms with E-state index in [9.17, 15) is 0 Å². The van der Waals surface area contributed by atoms with Gasteiger partial charge in [0.2, 0.25) is 0 Å². The fourth-order valence-electron chi connectivity index (χ4n) is 2.01. The second kappa shape index (κ2) is 5.50. The van der Waals surface area contributed by atoms with Gasteiger partial charge in [-0.25, -0.2) is 9.97 Å². The van der Waals surface area contributed by atoms with Crippen LogP contribution in [0.25, 0.3) is 21.6 Å². The number of fused-ring (bicyclic) bond motifs is 1. The minimum absolute atomic E-state index is 0.464. The number of nitrogens with zero attached hydrogens (tertiary/aromatic N) is 3. The van der Waals surface area contributed by atoms with Crippen LogP contribution < -0.4 is 9.64 Å². The van der Waals surface area contributed by atoms with Crippen LogP contribution in [0, 0.1) is 0 Å². The van der Waals surface area contributed by atoms with Gasteiger partial charge >= 0.3 is 0 Å². The van der Waals surface area contributed by atoms with Crippen LogP contribution in [0.15, 0.2) is 29.6 Å². The van der Waals surface area contributed by atoms with Crippen molar-refractivity contribution in [1.29, 1.82) is 0 Å². The predicted octanol–water partition coefficient (Wildman–Crippen LogP) is 4.09. The predicted molar refractivity (Wildman–Crippen MR) is 88.7 cm³/mol. The van der Waals surface area contributed by atoms with E-state index >= 15 is 0 Å². The summed E-state index contributed by atoms with van der Waals surface area (Å²) >= 11 is 7.87. The highest BCUT2D eigenvalue weighted by atomic mass is 35.5. The van der Waals surface area contributed by atoms with Gasteiger partial charge in [-0.3, -0.25) is 0 Å². The summed E-state index contributed by atoms with van der Waals surface area (Å²) in [6.45, 7) is 0. The van der Waals surface area contributed by atoms with Gasteiger partial charge in [0.1, 0.15) is 10.9 Å². The number of anilines is 1. The Kier molecular flexibility index (Phi) is 3.69. The Labute approximate surface area is 132 Å². The highest BCUT2D eigenvalue weighted by molar-refractivity contribution is 7.13. The van der Waals surface area contributed by atoms with Crippen molar-refractivity contribution >= 4 is 39.5 Å². The van der Waals surface area contributed by atoms with Crippen LogP contribution in [0.3, 0.4) is 0 Å². The van der Waals surface area contributed by atoms with Crippen LogP contribution in [0.1, 0.15) is 0 Å². The van der Waals surface area contributed by atoms with Crippen LogP contribution in [-0.2, 0) is 0 Å². The molecule has 2 heterocycles. The second-order valence-corrected chi connectivity index (χ2v) is 6.05. The number of rotatable bonds is 3. The minimum Gasteiger partial charge on any atom is -0.496 e. The first kappa shape index (κ1) is 14.1. The van der Waals surface area contributed by atoms with Gasteiger partial charge in [-0.1, -0.05) is 11.6 Å². The normalized spacial score (nSPS) is 10.9. The maximum atomic E-state index is 6.33. The summed E-state index contributed by atoms with van der Waals surface area (Å²) in [5, 5.41) is 3.24. The number of ether oxygens (including phenoxy) is 1. The third-order valence-corrected chi connectivity index (χ3v) is 4.37. The van der Waals surface area contributed by atoms with Gasteiger partial charge in [0.25, 0.3) is 0 Å². The number of methoxy groups -OCH3 is 1. The lowest BCUT2D eigenvalue weighted by atomic mass is 10.2. The smallest absolute Gasteiger partial charge is 0.171 e. The summed E-state index contributed by atoms with van der Waals surface area (Å²) in [4.78, 5) is 12.0. The molecule has 0 aliphatic rings. The second-order valence-electron chi connectivity index (χ2n) is 4.78. The molecule has 0 fully saturated rings. The summed E-state index contributed by atoms with van der Waals surface area (Å²) < 4.78 is 5.19. The molecule has 1 aromatic carbocycles. The molecule has 6 heteroatoms. The molecule has 0 saturated heterocycles. The van der Waals surface area contributed by atoms with E-state index in [1.54, 1.807) is 7.11 Å². The van der Waals surface area contributed by atoms with Crippen molar-refractivity contribution in [3.05, 3.63) is 34.8 Å². The molecule has 3 aromatic rings. The summed E-state index contributed by atoms with van der Waals surface area (Å²) in [6.07, 6.45) is 0. The van der Waals surface area contributed by atoms with Crippen LogP contribution in [0.4, 0.5) is 5.69 Å². The van der Waals surface area contributed by atoms with E-state index < -0.39 is 0 Å². The fourth-order valence-corrected chi connectivity index (χ4v) is 3.03. The van der Waals surface area contributed by atoms with E-state index in [-0.39, 0.29) is 0 Å². The van der Waals surface area contributed by atoms with Gasteiger partial charge in [-0.15, -0.1) is 11.3 Å². The molecule has 0 unspecified atom stereocenters. The first-order valence-electron chi connectivity index (χ1n) is 6.36. The average Bonchev–Trinajstić information content (AvgIpc) is 2.95. The molecule has 108 valence electrons. The average molecular weight is 320 g/mol. The summed E-state index contributed by atoms with van der Waals surface area (Å²) in [5.41, 5.74) is 1.90. The lowest BCUT2D eigenvalue weighted by molar-refractivity contribution is 0.417. The number of benzene rings is 1. The molecule has 21 heavy (non-hydrogen) atoms. The molecule has 3 rings (SSSR count).